The van der Waals surface area contributed by atoms with Crippen LogP contribution >= 0.6 is 0 Å². The summed E-state index contributed by atoms with van der Waals surface area (Å²) >= 11 is 0. The van der Waals surface area contributed by atoms with Crippen molar-refractivity contribution < 1.29 is 0 Å². The molecule has 0 atom stereocenters. The third-order valence-corrected chi connectivity index (χ3v) is 4.61. The lowest BCUT2D eigenvalue weighted by Crippen LogP contribution is -2.34. The van der Waals surface area contributed by atoms with Gasteiger partial charge < -0.3 is 10.2 Å². The predicted octanol–water partition coefficient (Wildman–Crippen LogP) is 2.01. The zero-order valence-corrected chi connectivity index (χ0v) is 14.1. The fourth-order valence-corrected chi connectivity index (χ4v) is 3.28. The monoisotopic (exact) mass is 338 g/mol. The van der Waals surface area contributed by atoms with E-state index in [4.69, 9.17) is 0 Å². The van der Waals surface area contributed by atoms with Gasteiger partial charge in [0.1, 0.15) is 5.39 Å². The van der Waals surface area contributed by atoms with Crippen LogP contribution in [0.3, 0.4) is 0 Å². The minimum Gasteiger partial charge on any atom is -0.354 e. The van der Waals surface area contributed by atoms with Crippen molar-refractivity contribution in [1.82, 2.24) is 24.6 Å². The van der Waals surface area contributed by atoms with Crippen molar-refractivity contribution in [2.45, 2.75) is 19.3 Å². The van der Waals surface area contributed by atoms with Gasteiger partial charge in [-0.1, -0.05) is 24.6 Å². The Bertz CT molecular complexity index is 895. The van der Waals surface area contributed by atoms with E-state index >= 15 is 0 Å². The fraction of sp³-hybridized carbons (Fsp3) is 0.389. The molecule has 0 aliphatic carbocycles. The van der Waals surface area contributed by atoms with E-state index in [0.717, 1.165) is 31.9 Å². The highest BCUT2D eigenvalue weighted by molar-refractivity contribution is 5.76. The zero-order chi connectivity index (χ0) is 17.1. The quantitative estimate of drug-likeness (QED) is 0.744. The first kappa shape index (κ1) is 15.8. The number of aromatic nitrogens is 4. The van der Waals surface area contributed by atoms with E-state index in [1.54, 1.807) is 10.9 Å². The second-order valence-corrected chi connectivity index (χ2v) is 6.37. The predicted molar refractivity (Wildman–Crippen MR) is 98.3 cm³/mol. The van der Waals surface area contributed by atoms with Gasteiger partial charge in [0.2, 0.25) is 5.95 Å². The second-order valence-electron chi connectivity index (χ2n) is 6.37. The van der Waals surface area contributed by atoms with Crippen LogP contribution in [0.2, 0.25) is 0 Å². The van der Waals surface area contributed by atoms with E-state index < -0.39 is 0 Å². The van der Waals surface area contributed by atoms with Gasteiger partial charge in [-0.25, -0.2) is 4.68 Å². The molecule has 2 aromatic heterocycles. The van der Waals surface area contributed by atoms with E-state index in [9.17, 15) is 4.79 Å². The molecule has 1 aliphatic rings. The maximum Gasteiger partial charge on any atom is 0.263 e. The largest absolute Gasteiger partial charge is 0.354 e. The number of para-hydroxylation sites is 1. The molecule has 3 aromatic rings. The van der Waals surface area contributed by atoms with Crippen LogP contribution in [-0.4, -0.2) is 50.8 Å². The molecule has 1 fully saturated rings. The maximum atomic E-state index is 12.3. The summed E-state index contributed by atoms with van der Waals surface area (Å²) in [5, 5.41) is 8.05. The number of hydrogen-bond acceptors (Lipinski definition) is 5. The van der Waals surface area contributed by atoms with Crippen molar-refractivity contribution in [2.75, 3.05) is 31.5 Å². The van der Waals surface area contributed by atoms with Gasteiger partial charge in [-0.2, -0.15) is 10.1 Å². The summed E-state index contributed by atoms with van der Waals surface area (Å²) in [7, 11) is 0. The Morgan fingerprint density at radius 1 is 1.12 bits per heavy atom. The van der Waals surface area contributed by atoms with Crippen LogP contribution in [-0.2, 0) is 0 Å². The number of piperidine rings is 1. The average Bonchev–Trinajstić information content (AvgIpc) is 3.08. The van der Waals surface area contributed by atoms with E-state index in [1.807, 2.05) is 30.3 Å². The van der Waals surface area contributed by atoms with Crippen molar-refractivity contribution in [3.63, 3.8) is 0 Å². The molecule has 3 heterocycles. The number of fused-ring (bicyclic) bond motifs is 1. The number of rotatable bonds is 5. The molecule has 0 unspecified atom stereocenters. The highest BCUT2D eigenvalue weighted by atomic mass is 16.1. The van der Waals surface area contributed by atoms with E-state index in [2.05, 4.69) is 25.3 Å². The lowest BCUT2D eigenvalue weighted by atomic mass is 10.1. The first-order valence-corrected chi connectivity index (χ1v) is 8.81. The normalized spacial score (nSPS) is 15.5. The molecular weight excluding hydrogens is 316 g/mol. The Hall–Kier alpha value is -2.67. The number of H-pyrrole nitrogens is 1. The van der Waals surface area contributed by atoms with E-state index in [1.165, 1.54) is 19.3 Å². The average molecular weight is 338 g/mol. The summed E-state index contributed by atoms with van der Waals surface area (Å²) in [4.78, 5) is 22.1. The lowest BCUT2D eigenvalue weighted by Gasteiger charge is -2.26. The Morgan fingerprint density at radius 3 is 2.72 bits per heavy atom. The van der Waals surface area contributed by atoms with Crippen molar-refractivity contribution in [1.29, 1.82) is 0 Å². The summed E-state index contributed by atoms with van der Waals surface area (Å²) in [6.45, 7) is 4.03. The molecule has 130 valence electrons. The summed E-state index contributed by atoms with van der Waals surface area (Å²) in [6.07, 6.45) is 5.44. The second kappa shape index (κ2) is 7.06. The molecule has 0 spiro atoms. The van der Waals surface area contributed by atoms with Gasteiger partial charge in [0.15, 0.2) is 5.65 Å². The highest BCUT2D eigenvalue weighted by Gasteiger charge is 2.12. The smallest absolute Gasteiger partial charge is 0.263 e. The third kappa shape index (κ3) is 3.41. The number of benzene rings is 1. The number of anilines is 1. The molecule has 1 aromatic carbocycles. The van der Waals surface area contributed by atoms with Crippen molar-refractivity contribution in [2.24, 2.45) is 0 Å². The van der Waals surface area contributed by atoms with Crippen LogP contribution in [0.4, 0.5) is 5.95 Å². The molecule has 0 radical (unpaired) electrons. The number of nitrogens with one attached hydrogen (secondary N) is 2. The summed E-state index contributed by atoms with van der Waals surface area (Å²) in [5.41, 5.74) is 1.28. The van der Waals surface area contributed by atoms with Crippen LogP contribution < -0.4 is 10.9 Å². The van der Waals surface area contributed by atoms with E-state index in [-0.39, 0.29) is 5.56 Å². The number of aromatic amines is 1. The summed E-state index contributed by atoms with van der Waals surface area (Å²) < 4.78 is 1.69. The molecular formula is C18H22N6O. The maximum absolute atomic E-state index is 12.3. The van der Waals surface area contributed by atoms with Crippen LogP contribution in [0.15, 0.2) is 41.3 Å². The SMILES string of the molecule is O=c1[nH]c(NCCN2CCCCC2)nc2c1cnn2-c1ccccc1. The topological polar surface area (TPSA) is 78.8 Å². The molecule has 0 amide bonds. The first-order chi connectivity index (χ1) is 12.3. The van der Waals surface area contributed by atoms with Gasteiger partial charge in [-0.15, -0.1) is 0 Å². The van der Waals surface area contributed by atoms with Crippen LogP contribution in [0.5, 0.6) is 0 Å². The minimum absolute atomic E-state index is 0.173. The molecule has 25 heavy (non-hydrogen) atoms. The molecule has 7 heteroatoms. The number of hydrogen-bond donors (Lipinski definition) is 2. The first-order valence-electron chi connectivity index (χ1n) is 8.81. The Labute approximate surface area is 145 Å². The summed E-state index contributed by atoms with van der Waals surface area (Å²) in [5.74, 6) is 0.493. The van der Waals surface area contributed by atoms with Gasteiger partial charge in [0, 0.05) is 13.1 Å². The van der Waals surface area contributed by atoms with Crippen LogP contribution in [0, 0.1) is 0 Å². The van der Waals surface area contributed by atoms with E-state index in [0.29, 0.717) is 17.0 Å². The molecule has 2 N–H and O–H groups in total. The molecule has 7 nitrogen and oxygen atoms in total. The fourth-order valence-electron chi connectivity index (χ4n) is 3.28. The molecule has 1 aliphatic heterocycles. The van der Waals surface area contributed by atoms with Gasteiger partial charge in [0.25, 0.3) is 5.56 Å². The minimum atomic E-state index is -0.173. The molecule has 0 bridgehead atoms. The number of likely N-dealkylation sites (tertiary alicyclic amines) is 1. The highest BCUT2D eigenvalue weighted by Crippen LogP contribution is 2.14. The molecule has 1 saturated heterocycles. The van der Waals surface area contributed by atoms with Gasteiger partial charge in [-0.3, -0.25) is 9.78 Å². The standard InChI is InChI=1S/C18H22N6O/c25-17-15-13-20-24(14-7-3-1-4-8-14)16(15)21-18(22-17)19-9-12-23-10-5-2-6-11-23/h1,3-4,7-8,13H,2,5-6,9-12H2,(H2,19,21,22,25). The van der Waals surface area contributed by atoms with Crippen molar-refractivity contribution in [3.05, 3.63) is 46.9 Å². The lowest BCUT2D eigenvalue weighted by molar-refractivity contribution is 0.237. The Kier molecular flexibility index (Phi) is 4.47. The van der Waals surface area contributed by atoms with Gasteiger partial charge >= 0.3 is 0 Å². The Morgan fingerprint density at radius 2 is 1.92 bits per heavy atom. The molecule has 0 saturated carbocycles. The van der Waals surface area contributed by atoms with Crippen LogP contribution in [0.1, 0.15) is 19.3 Å². The van der Waals surface area contributed by atoms with Crippen molar-refractivity contribution in [3.8, 4) is 5.69 Å². The zero-order valence-electron chi connectivity index (χ0n) is 14.1. The summed E-state index contributed by atoms with van der Waals surface area (Å²) in [6, 6.07) is 9.71. The van der Waals surface area contributed by atoms with Crippen molar-refractivity contribution >= 4 is 17.0 Å². The van der Waals surface area contributed by atoms with Gasteiger partial charge in [0.05, 0.1) is 11.9 Å². The van der Waals surface area contributed by atoms with Crippen LogP contribution in [0.25, 0.3) is 16.7 Å². The Balaban J connectivity index is 1.54. The molecule has 4 rings (SSSR count). The van der Waals surface area contributed by atoms with Gasteiger partial charge in [-0.05, 0) is 38.1 Å². The third-order valence-electron chi connectivity index (χ3n) is 4.61. The number of nitrogens with zero attached hydrogens (tertiary/aromatic N) is 4.